The topological polar surface area (TPSA) is 78.7 Å². The first-order chi connectivity index (χ1) is 17.6. The van der Waals surface area contributed by atoms with Crippen molar-refractivity contribution in [3.63, 3.8) is 0 Å². The van der Waals surface area contributed by atoms with Crippen molar-refractivity contribution >= 4 is 34.1 Å². The number of thiazole rings is 1. The lowest BCUT2D eigenvalue weighted by atomic mass is 9.82. The van der Waals surface area contributed by atoms with Crippen molar-refractivity contribution < 1.29 is 9.18 Å². The van der Waals surface area contributed by atoms with Crippen LogP contribution in [0.25, 0.3) is 11.3 Å². The van der Waals surface area contributed by atoms with Gasteiger partial charge in [-0.3, -0.25) is 4.79 Å². The average Bonchev–Trinajstić information content (AvgIpc) is 3.37. The summed E-state index contributed by atoms with van der Waals surface area (Å²) in [5.74, 6) is 0.507. The van der Waals surface area contributed by atoms with Crippen LogP contribution >= 0.6 is 23.1 Å². The smallest absolute Gasteiger partial charge is 0.226 e. The maximum Gasteiger partial charge on any atom is 0.226 e. The van der Waals surface area contributed by atoms with Gasteiger partial charge in [0.15, 0.2) is 5.13 Å². The third kappa shape index (κ3) is 5.64. The van der Waals surface area contributed by atoms with Crippen LogP contribution in [0, 0.1) is 17.1 Å². The number of nitrogens with zero attached hydrogens (tertiary/aromatic N) is 3. The maximum absolute atomic E-state index is 13.1. The van der Waals surface area contributed by atoms with Gasteiger partial charge in [-0.05, 0) is 66.6 Å². The molecule has 1 amide bonds. The molecule has 2 heterocycles. The summed E-state index contributed by atoms with van der Waals surface area (Å²) in [6.45, 7) is 0. The molecular weight excluding hydrogens is 491 g/mol. The number of carbonyl (C=O) groups excluding carboxylic acids is 1. The molecule has 2 aromatic heterocycles. The fraction of sp³-hybridized carbons (Fsp3) is 0.214. The van der Waals surface area contributed by atoms with E-state index in [2.05, 4.69) is 40.6 Å². The number of nitriles is 1. The molecule has 1 unspecified atom stereocenters. The minimum atomic E-state index is -0.302. The van der Waals surface area contributed by atoms with Crippen LogP contribution in [-0.4, -0.2) is 21.6 Å². The predicted molar refractivity (Wildman–Crippen MR) is 142 cm³/mol. The SMILES string of the molecule is N#Cc1cc2c(nc1SCCC(=O)Nc1nc(-c3ccc(F)cc3)cs1)CCC(c1ccccc1)C2. The molecule has 5 rings (SSSR count). The van der Waals surface area contributed by atoms with Gasteiger partial charge in [-0.1, -0.05) is 30.3 Å². The van der Waals surface area contributed by atoms with Crippen LogP contribution in [0.15, 0.2) is 71.1 Å². The van der Waals surface area contributed by atoms with E-state index in [4.69, 9.17) is 4.98 Å². The molecule has 4 aromatic rings. The number of amides is 1. The zero-order valence-electron chi connectivity index (χ0n) is 19.4. The van der Waals surface area contributed by atoms with Crippen LogP contribution in [0.3, 0.4) is 0 Å². The summed E-state index contributed by atoms with van der Waals surface area (Å²) in [6.07, 6.45) is 3.09. The lowest BCUT2D eigenvalue weighted by molar-refractivity contribution is -0.115. The Morgan fingerprint density at radius 1 is 1.17 bits per heavy atom. The van der Waals surface area contributed by atoms with Crippen LogP contribution in [-0.2, 0) is 17.6 Å². The molecule has 0 aliphatic heterocycles. The van der Waals surface area contributed by atoms with Crippen LogP contribution in [0.5, 0.6) is 0 Å². The Morgan fingerprint density at radius 2 is 1.97 bits per heavy atom. The van der Waals surface area contributed by atoms with Gasteiger partial charge in [0, 0.05) is 28.8 Å². The van der Waals surface area contributed by atoms with E-state index in [-0.39, 0.29) is 18.1 Å². The average molecular weight is 515 g/mol. The molecule has 0 spiro atoms. The minimum Gasteiger partial charge on any atom is -0.302 e. The number of aromatic nitrogens is 2. The van der Waals surface area contributed by atoms with Gasteiger partial charge in [0.2, 0.25) is 5.91 Å². The summed E-state index contributed by atoms with van der Waals surface area (Å²) < 4.78 is 13.1. The Hall–Kier alpha value is -3.54. The summed E-state index contributed by atoms with van der Waals surface area (Å²) in [5.41, 5.74) is 5.59. The molecule has 5 nitrogen and oxygen atoms in total. The highest BCUT2D eigenvalue weighted by Gasteiger charge is 2.23. The predicted octanol–water partition coefficient (Wildman–Crippen LogP) is 6.61. The fourth-order valence-corrected chi connectivity index (χ4v) is 6.00. The number of nitrogens with one attached hydrogen (secondary N) is 1. The first-order valence-corrected chi connectivity index (χ1v) is 13.6. The normalized spacial score (nSPS) is 14.6. The quantitative estimate of drug-likeness (QED) is 0.281. The zero-order valence-corrected chi connectivity index (χ0v) is 21.0. The second-order valence-electron chi connectivity index (χ2n) is 8.60. The molecule has 1 N–H and O–H groups in total. The number of fused-ring (bicyclic) bond motifs is 1. The summed E-state index contributed by atoms with van der Waals surface area (Å²) in [7, 11) is 0. The minimum absolute atomic E-state index is 0.148. The van der Waals surface area contributed by atoms with Crippen molar-refractivity contribution in [3.05, 3.63) is 94.2 Å². The summed E-state index contributed by atoms with van der Waals surface area (Å²) in [5, 5.41) is 15.6. The molecule has 1 aliphatic carbocycles. The monoisotopic (exact) mass is 514 g/mol. The molecule has 2 aromatic carbocycles. The second kappa shape index (κ2) is 11.0. The highest BCUT2D eigenvalue weighted by molar-refractivity contribution is 7.99. The summed E-state index contributed by atoms with van der Waals surface area (Å²) in [6, 6.07) is 20.8. The van der Waals surface area contributed by atoms with Crippen molar-refractivity contribution in [1.82, 2.24) is 9.97 Å². The molecule has 0 saturated carbocycles. The van der Waals surface area contributed by atoms with Crippen molar-refractivity contribution in [2.24, 2.45) is 0 Å². The molecule has 1 aliphatic rings. The number of aryl methyl sites for hydroxylation is 1. The Labute approximate surface area is 217 Å². The zero-order chi connectivity index (χ0) is 24.9. The number of hydrogen-bond donors (Lipinski definition) is 1. The second-order valence-corrected chi connectivity index (χ2v) is 10.5. The van der Waals surface area contributed by atoms with E-state index < -0.39 is 0 Å². The fourth-order valence-electron chi connectivity index (χ4n) is 4.35. The molecule has 0 bridgehead atoms. The molecule has 0 radical (unpaired) electrons. The molecule has 8 heteroatoms. The van der Waals surface area contributed by atoms with Gasteiger partial charge in [0.25, 0.3) is 0 Å². The van der Waals surface area contributed by atoms with Crippen molar-refractivity contribution in [2.45, 2.75) is 36.6 Å². The van der Waals surface area contributed by atoms with E-state index >= 15 is 0 Å². The van der Waals surface area contributed by atoms with Crippen molar-refractivity contribution in [1.29, 1.82) is 5.26 Å². The Morgan fingerprint density at radius 3 is 2.75 bits per heavy atom. The molecule has 36 heavy (non-hydrogen) atoms. The first-order valence-electron chi connectivity index (χ1n) is 11.7. The van der Waals surface area contributed by atoms with Crippen molar-refractivity contribution in [3.8, 4) is 17.3 Å². The van der Waals surface area contributed by atoms with E-state index in [9.17, 15) is 14.4 Å². The van der Waals surface area contributed by atoms with Crippen LogP contribution in [0.2, 0.25) is 0 Å². The molecule has 180 valence electrons. The Balaban J connectivity index is 1.17. The molecule has 0 saturated heterocycles. The van der Waals surface area contributed by atoms with Gasteiger partial charge in [0.1, 0.15) is 16.9 Å². The summed E-state index contributed by atoms with van der Waals surface area (Å²) >= 11 is 2.76. The number of thioether (sulfide) groups is 1. The summed E-state index contributed by atoms with van der Waals surface area (Å²) in [4.78, 5) is 21.7. The number of carbonyl (C=O) groups is 1. The van der Waals surface area contributed by atoms with E-state index in [0.717, 1.165) is 36.1 Å². The van der Waals surface area contributed by atoms with Gasteiger partial charge in [-0.25, -0.2) is 14.4 Å². The Bertz CT molecular complexity index is 1410. The van der Waals surface area contributed by atoms with Gasteiger partial charge in [-0.2, -0.15) is 5.26 Å². The van der Waals surface area contributed by atoms with E-state index in [0.29, 0.717) is 33.1 Å². The first kappa shape index (κ1) is 24.2. The van der Waals surface area contributed by atoms with E-state index in [1.54, 1.807) is 12.1 Å². The van der Waals surface area contributed by atoms with Crippen molar-refractivity contribution in [2.75, 3.05) is 11.1 Å². The van der Waals surface area contributed by atoms with Gasteiger partial charge >= 0.3 is 0 Å². The molecular formula is C28H23FN4OS2. The Kier molecular flexibility index (Phi) is 7.40. The number of hydrogen-bond acceptors (Lipinski definition) is 6. The number of pyridine rings is 1. The third-order valence-corrected chi connectivity index (χ3v) is 7.95. The van der Waals surface area contributed by atoms with Crippen LogP contribution in [0.1, 0.15) is 41.1 Å². The van der Waals surface area contributed by atoms with Gasteiger partial charge < -0.3 is 5.32 Å². The van der Waals surface area contributed by atoms with Gasteiger partial charge in [0.05, 0.1) is 11.3 Å². The maximum atomic E-state index is 13.1. The van der Waals surface area contributed by atoms with E-state index in [1.807, 2.05) is 17.5 Å². The van der Waals surface area contributed by atoms with Crippen LogP contribution in [0.4, 0.5) is 9.52 Å². The number of halogens is 1. The highest BCUT2D eigenvalue weighted by atomic mass is 32.2. The highest BCUT2D eigenvalue weighted by Crippen LogP contribution is 2.34. The number of benzene rings is 2. The number of rotatable bonds is 7. The van der Waals surface area contributed by atoms with E-state index in [1.165, 1.54) is 40.8 Å². The largest absolute Gasteiger partial charge is 0.302 e. The number of anilines is 1. The van der Waals surface area contributed by atoms with Crippen LogP contribution < -0.4 is 5.32 Å². The standard InChI is InChI=1S/C28H23FN4OS2/c29-23-9-6-19(7-10-23)25-17-36-28(32-25)33-26(34)12-13-35-27-22(16-30)15-21-14-20(8-11-24(21)31-27)18-4-2-1-3-5-18/h1-7,9-10,15,17,20H,8,11-14H2,(H,32,33,34). The lowest BCUT2D eigenvalue weighted by Crippen LogP contribution is -2.15. The van der Waals surface area contributed by atoms with Gasteiger partial charge in [-0.15, -0.1) is 23.1 Å². The third-order valence-electron chi connectivity index (χ3n) is 6.20. The molecule has 1 atom stereocenters. The lowest BCUT2D eigenvalue weighted by Gasteiger charge is -2.25. The molecule has 0 fully saturated rings.